The van der Waals surface area contributed by atoms with Gasteiger partial charge in [0.1, 0.15) is 57.6 Å². The summed E-state index contributed by atoms with van der Waals surface area (Å²) in [5.74, 6) is 6.16. The van der Waals surface area contributed by atoms with Crippen molar-refractivity contribution in [3.05, 3.63) is 439 Å². The van der Waals surface area contributed by atoms with Gasteiger partial charge in [-0.15, -0.1) is 0 Å². The zero-order valence-electron chi connectivity index (χ0n) is 70.7. The Morgan fingerprint density at radius 3 is 0.413 bits per heavy atom. The fourth-order valence-corrected chi connectivity index (χ4v) is 23.0. The van der Waals surface area contributed by atoms with Crippen LogP contribution in [-0.4, -0.2) is 42.7 Å². The van der Waals surface area contributed by atoms with Crippen LogP contribution in [0.2, 0.25) is 0 Å². The van der Waals surface area contributed by atoms with E-state index in [1.54, 1.807) is 66.9 Å². The molecule has 0 aliphatic rings. The number of ether oxygens (including phenoxy) is 7. The lowest BCUT2D eigenvalue weighted by Gasteiger charge is -2.10. The van der Waals surface area contributed by atoms with Crippen LogP contribution < -0.4 is 33.2 Å². The van der Waals surface area contributed by atoms with Gasteiger partial charge in [-0.1, -0.05) is 154 Å². The van der Waals surface area contributed by atoms with Gasteiger partial charge in [0.05, 0.1) is 97.1 Å². The second-order valence-corrected chi connectivity index (χ2v) is 38.4. The molecule has 0 spiro atoms. The molecule has 0 atom stereocenters. The largest absolute Gasteiger partial charge is 0.497 e. The summed E-state index contributed by atoms with van der Waals surface area (Å²) in [7, 11) is 9.16. The quantitative estimate of drug-likeness (QED) is 0.0591. The first-order chi connectivity index (χ1) is 59.4. The monoisotopic (exact) mass is 1770 g/mol. The van der Waals surface area contributed by atoms with E-state index in [4.69, 9.17) is 33.2 Å². The summed E-state index contributed by atoms with van der Waals surface area (Å²) in [5, 5.41) is 0. The summed E-state index contributed by atoms with van der Waals surface area (Å²) in [5.41, 5.74) is 7.76. The smallest absolute Gasteiger partial charge is 0.166 e. The van der Waals surface area contributed by atoms with Crippen molar-refractivity contribution in [1.29, 1.82) is 0 Å². The molecule has 0 N–H and O–H groups in total. The molecule has 0 unspecified atom stereocenters. The van der Waals surface area contributed by atoms with Crippen molar-refractivity contribution < 1.29 is 41.9 Å². The molecule has 0 aliphatic heterocycles. The Kier molecular flexibility index (Phi) is 39.4. The van der Waals surface area contributed by atoms with Crippen LogP contribution in [0.4, 0.5) is 8.78 Å². The van der Waals surface area contributed by atoms with E-state index >= 15 is 0 Å². The van der Waals surface area contributed by atoms with Gasteiger partial charge in [0.25, 0.3) is 0 Å². The fourth-order valence-electron chi connectivity index (χ4n) is 12.8. The number of methoxy groups -OCH3 is 6. The van der Waals surface area contributed by atoms with Crippen LogP contribution in [0.1, 0.15) is 63.1 Å². The average molecular weight is 1770 g/mol. The molecule has 646 valence electrons. The number of benzene rings is 16. The predicted molar refractivity (Wildman–Crippen MR) is 529 cm³/mol. The fraction of sp³-hybridized carbons (Fsp3) is 0.143. The Hall–Kier alpha value is -12.3. The first-order valence-corrected chi connectivity index (χ1v) is 45.9. The third-order valence-electron chi connectivity index (χ3n) is 19.4. The van der Waals surface area contributed by atoms with Crippen molar-refractivity contribution in [3.63, 3.8) is 0 Å². The number of aryl methyl sites for hydroxylation is 6. The van der Waals surface area contributed by atoms with Gasteiger partial charge in [0, 0.05) is 0 Å². The summed E-state index contributed by atoms with van der Waals surface area (Å²) < 4.78 is 64.4. The van der Waals surface area contributed by atoms with Crippen molar-refractivity contribution in [1.82, 2.24) is 0 Å². The minimum absolute atomic E-state index is 0. The molecular weight excluding hydrogens is 1660 g/mol. The molecule has 14 heteroatoms. The zero-order valence-corrected chi connectivity index (χ0v) is 74.8. The van der Waals surface area contributed by atoms with E-state index in [1.165, 1.54) is 116 Å². The van der Waals surface area contributed by atoms with Crippen molar-refractivity contribution in [3.8, 4) is 46.0 Å². The van der Waals surface area contributed by atoms with E-state index < -0.39 is 10.9 Å². The van der Waals surface area contributed by atoms with Crippen LogP contribution in [0, 0.1) is 53.2 Å². The third-order valence-corrected chi connectivity index (χ3v) is 30.6. The zero-order chi connectivity index (χ0) is 85.7. The van der Waals surface area contributed by atoms with Crippen molar-refractivity contribution in [2.24, 2.45) is 0 Å². The second kappa shape index (κ2) is 50.0. The minimum Gasteiger partial charge on any atom is -0.497 e. The van der Waals surface area contributed by atoms with E-state index in [1.807, 2.05) is 127 Å². The predicted octanol–water partition coefficient (Wildman–Crippen LogP) is 30.4. The molecule has 0 saturated carbocycles. The van der Waals surface area contributed by atoms with E-state index in [9.17, 15) is 8.78 Å². The Balaban J connectivity index is 0.000000194. The van der Waals surface area contributed by atoms with Crippen molar-refractivity contribution >= 4 is 54.5 Å². The molecule has 0 heterocycles. The van der Waals surface area contributed by atoms with Gasteiger partial charge in [-0.25, -0.2) is 8.78 Å². The standard InChI is InChI=1S/C24H17F2OS.C21H21O3S.C21H21O2S.C21H21OS.C21H21S.4CH4/c25-18-6-12-22(13-7-18)28(23-14-8-19(26)9-15-23)24-16-10-21(11-17-24)27-20-4-2-1-3-5-20;1-22-16-4-10-19(11-5-16)25(20-12-6-17(23-2)7-13-20)21-14-8-18(24-3)9-15-21;1-16-4-10-19(11-5-16)24(20-12-6-17(22-2)7-13-20)21-14-8-18(23-3)9-15-21;1-16-4-10-19(11-5-16)23(20-12-6-17(2)7-13-20)21-14-8-18(22-3)9-15-21;1-16-4-10-19(11-5-16)22(20-12-6-17(2)7-13-20)21-14-8-18(3)9-15-21;;;;/h1-17H;4-15H,1-3H3;4-15H,1-3H3;4-15H,1-3H3;4-15H,1-3H3;4*1H4/q5*+1;;;;. The highest BCUT2D eigenvalue weighted by Crippen LogP contribution is 2.40. The maximum Gasteiger partial charge on any atom is 0.166 e. The van der Waals surface area contributed by atoms with Gasteiger partial charge in [-0.3, -0.25) is 0 Å². The van der Waals surface area contributed by atoms with Gasteiger partial charge in [-0.2, -0.15) is 0 Å². The molecule has 0 saturated heterocycles. The van der Waals surface area contributed by atoms with Gasteiger partial charge >= 0.3 is 0 Å². The molecule has 0 radical (unpaired) electrons. The number of hydrogen-bond donors (Lipinski definition) is 0. The lowest BCUT2D eigenvalue weighted by atomic mass is 10.2. The first kappa shape index (κ1) is 99.2. The van der Waals surface area contributed by atoms with E-state index in [0.717, 1.165) is 60.7 Å². The summed E-state index contributed by atoms with van der Waals surface area (Å²) in [6.45, 7) is 12.8. The Labute approximate surface area is 763 Å². The highest BCUT2D eigenvalue weighted by Gasteiger charge is 2.34. The maximum atomic E-state index is 13.4. The first-order valence-electron chi connectivity index (χ1n) is 39.8. The van der Waals surface area contributed by atoms with Gasteiger partial charge < -0.3 is 33.2 Å². The van der Waals surface area contributed by atoms with E-state index in [2.05, 4.69) is 260 Å². The lowest BCUT2D eigenvalue weighted by molar-refractivity contribution is 0.414. The van der Waals surface area contributed by atoms with Gasteiger partial charge in [0.15, 0.2) is 73.4 Å². The molecule has 0 bridgehead atoms. The normalized spacial score (nSPS) is 10.4. The number of hydrogen-bond acceptors (Lipinski definition) is 7. The lowest BCUT2D eigenvalue weighted by Crippen LogP contribution is -2.05. The van der Waals surface area contributed by atoms with Crippen LogP contribution in [-0.2, 0) is 54.5 Å². The highest BCUT2D eigenvalue weighted by atomic mass is 32.2. The third kappa shape index (κ3) is 27.9. The second-order valence-electron chi connectivity index (χ2n) is 28.3. The Bertz CT molecular complexity index is 5450. The summed E-state index contributed by atoms with van der Waals surface area (Å²) in [6.07, 6.45) is 0. The minimum atomic E-state index is -0.475. The topological polar surface area (TPSA) is 64.6 Å². The van der Waals surface area contributed by atoms with Crippen molar-refractivity contribution in [2.75, 3.05) is 42.7 Å². The van der Waals surface area contributed by atoms with Crippen LogP contribution in [0.3, 0.4) is 0 Å². The molecule has 16 aromatic rings. The molecule has 0 amide bonds. The van der Waals surface area contributed by atoms with E-state index in [0.29, 0.717) is 0 Å². The Morgan fingerprint density at radius 1 is 0.151 bits per heavy atom. The van der Waals surface area contributed by atoms with E-state index in [-0.39, 0.29) is 84.9 Å². The van der Waals surface area contributed by atoms with Crippen molar-refractivity contribution in [2.45, 2.75) is 145 Å². The van der Waals surface area contributed by atoms with Gasteiger partial charge in [0.2, 0.25) is 0 Å². The van der Waals surface area contributed by atoms with Crippen LogP contribution in [0.25, 0.3) is 0 Å². The Morgan fingerprint density at radius 2 is 0.270 bits per heavy atom. The van der Waals surface area contributed by atoms with Crippen LogP contribution in [0.5, 0.6) is 46.0 Å². The molecular formula is C112H117F2O7S5+5. The molecule has 0 aromatic heterocycles. The molecule has 0 aliphatic carbocycles. The average Bonchev–Trinajstić information content (AvgIpc) is 0.829. The van der Waals surface area contributed by atoms with Crippen LogP contribution in [0.15, 0.2) is 468 Å². The van der Waals surface area contributed by atoms with Crippen LogP contribution >= 0.6 is 0 Å². The summed E-state index contributed by atoms with van der Waals surface area (Å²) in [4.78, 5) is 18.6. The summed E-state index contributed by atoms with van der Waals surface area (Å²) >= 11 is 0. The molecule has 126 heavy (non-hydrogen) atoms. The SMILES string of the molecule is C.C.C.C.COc1ccc([S+](c2ccc(C)cc2)c2ccc(C)cc2)cc1.COc1ccc([S+](c2ccc(C)cc2)c2ccc(OC)cc2)cc1.COc1ccc([S+](c2ccc(OC)cc2)c2ccc(OC)cc2)cc1.Cc1ccc([S+](c2ccc(C)cc2)c2ccc(C)cc2)cc1.Fc1ccc([S+](c2ccc(F)cc2)c2ccc(Oc3ccccc3)cc2)cc1. The highest BCUT2D eigenvalue weighted by molar-refractivity contribution is 7.98. The summed E-state index contributed by atoms with van der Waals surface area (Å²) in [6, 6.07) is 133. The number of para-hydroxylation sites is 1. The molecule has 16 aromatic carbocycles. The maximum absolute atomic E-state index is 13.4. The molecule has 16 rings (SSSR count). The molecule has 7 nitrogen and oxygen atoms in total. The molecule has 0 fully saturated rings. The number of halogens is 2. The van der Waals surface area contributed by atoms with Gasteiger partial charge in [-0.05, 0) is 345 Å². The number of rotatable bonds is 23.